The molecule has 0 aliphatic rings. The average Bonchev–Trinajstić information content (AvgIpc) is 2.34. The summed E-state index contributed by atoms with van der Waals surface area (Å²) in [5.41, 5.74) is 1.21. The van der Waals surface area contributed by atoms with Crippen LogP contribution < -0.4 is 0 Å². The molecule has 0 saturated carbocycles. The van der Waals surface area contributed by atoms with Gasteiger partial charge in [0.05, 0.1) is 0 Å². The third-order valence-corrected chi connectivity index (χ3v) is 3.04. The van der Waals surface area contributed by atoms with Crippen molar-refractivity contribution in [3.8, 4) is 0 Å². The normalized spacial score (nSPS) is 14.2. The Kier molecular flexibility index (Phi) is 7.82. The van der Waals surface area contributed by atoms with Crippen molar-refractivity contribution in [3.63, 3.8) is 0 Å². The summed E-state index contributed by atoms with van der Waals surface area (Å²) < 4.78 is 5.23. The van der Waals surface area contributed by atoms with E-state index in [1.54, 1.807) is 6.08 Å². The molecule has 0 rings (SSSR count). The molecule has 0 fully saturated rings. The predicted octanol–water partition coefficient (Wildman–Crippen LogP) is 4.15. The maximum Gasteiger partial charge on any atom is 0.303 e. The number of carbonyl (C=O) groups is 2. The van der Waals surface area contributed by atoms with E-state index in [1.165, 1.54) is 6.92 Å². The summed E-state index contributed by atoms with van der Waals surface area (Å²) in [5.74, 6) is -0.202. The molecular formula is C17H26O3. The van der Waals surface area contributed by atoms with Crippen molar-refractivity contribution >= 4 is 11.8 Å². The van der Waals surface area contributed by atoms with Gasteiger partial charge in [-0.2, -0.15) is 0 Å². The van der Waals surface area contributed by atoms with Gasteiger partial charge in [-0.15, -0.1) is 0 Å². The molecule has 3 heteroatoms. The van der Waals surface area contributed by atoms with Crippen molar-refractivity contribution in [2.45, 2.75) is 59.5 Å². The molecule has 0 aromatic carbocycles. The Hall–Kier alpha value is -1.64. The topological polar surface area (TPSA) is 43.4 Å². The summed E-state index contributed by atoms with van der Waals surface area (Å²) in [6.07, 6.45) is 7.17. The first-order valence-electron chi connectivity index (χ1n) is 6.86. The summed E-state index contributed by atoms with van der Waals surface area (Å²) >= 11 is 0. The molecule has 0 aromatic heterocycles. The van der Waals surface area contributed by atoms with Crippen LogP contribution in [-0.2, 0) is 14.3 Å². The molecule has 0 heterocycles. The molecule has 0 N–H and O–H groups in total. The Balaban J connectivity index is 4.47. The highest BCUT2D eigenvalue weighted by molar-refractivity contribution is 5.95. The minimum Gasteiger partial charge on any atom is -0.455 e. The van der Waals surface area contributed by atoms with Crippen LogP contribution in [0.15, 0.2) is 36.0 Å². The highest BCUT2D eigenvalue weighted by Crippen LogP contribution is 2.20. The van der Waals surface area contributed by atoms with Gasteiger partial charge in [0.1, 0.15) is 5.60 Å². The van der Waals surface area contributed by atoms with Crippen molar-refractivity contribution in [1.82, 2.24) is 0 Å². The summed E-state index contributed by atoms with van der Waals surface area (Å²) in [5, 5.41) is 0. The van der Waals surface area contributed by atoms with Crippen LogP contribution in [0.3, 0.4) is 0 Å². The number of allylic oxidation sites excluding steroid dienone is 4. The molecule has 0 saturated heterocycles. The zero-order valence-electron chi connectivity index (χ0n) is 13.3. The summed E-state index contributed by atoms with van der Waals surface area (Å²) in [7, 11) is 0. The predicted molar refractivity (Wildman–Crippen MR) is 82.4 cm³/mol. The Morgan fingerprint density at radius 1 is 1.15 bits per heavy atom. The molecule has 1 atom stereocenters. The summed E-state index contributed by atoms with van der Waals surface area (Å²) in [6.45, 7) is 12.7. The second kappa shape index (κ2) is 8.51. The van der Waals surface area contributed by atoms with E-state index in [0.717, 1.165) is 11.1 Å². The number of hydrogen-bond donors (Lipinski definition) is 0. The summed E-state index contributed by atoms with van der Waals surface area (Å²) in [6, 6.07) is 0. The van der Waals surface area contributed by atoms with Crippen LogP contribution in [0.25, 0.3) is 0 Å². The van der Waals surface area contributed by atoms with Gasteiger partial charge in [-0.25, -0.2) is 0 Å². The SMILES string of the molecule is C=CC(C)(CCC=C(C)C(=O)CC=C(C)C)OC(C)=O. The third kappa shape index (κ3) is 7.72. The Labute approximate surface area is 122 Å². The van der Waals surface area contributed by atoms with Crippen LogP contribution in [0.1, 0.15) is 53.9 Å². The number of ether oxygens (including phenoxy) is 1. The molecule has 0 aliphatic heterocycles. The monoisotopic (exact) mass is 278 g/mol. The average molecular weight is 278 g/mol. The highest BCUT2D eigenvalue weighted by atomic mass is 16.6. The number of Topliss-reactive ketones (excluding diaryl/α,β-unsaturated/α-hetero) is 1. The van der Waals surface area contributed by atoms with E-state index in [0.29, 0.717) is 19.3 Å². The van der Waals surface area contributed by atoms with Gasteiger partial charge >= 0.3 is 5.97 Å². The highest BCUT2D eigenvalue weighted by Gasteiger charge is 2.22. The van der Waals surface area contributed by atoms with Crippen LogP contribution in [0, 0.1) is 0 Å². The molecule has 112 valence electrons. The van der Waals surface area contributed by atoms with Crippen molar-refractivity contribution in [3.05, 3.63) is 36.0 Å². The van der Waals surface area contributed by atoms with Gasteiger partial charge in [-0.1, -0.05) is 24.3 Å². The van der Waals surface area contributed by atoms with Crippen molar-refractivity contribution in [2.24, 2.45) is 0 Å². The van der Waals surface area contributed by atoms with Gasteiger partial charge in [0.2, 0.25) is 0 Å². The molecule has 0 bridgehead atoms. The first-order valence-corrected chi connectivity index (χ1v) is 6.86. The first-order chi connectivity index (χ1) is 9.20. The number of ketones is 1. The fourth-order valence-corrected chi connectivity index (χ4v) is 1.67. The standard InChI is InChI=1S/C17H26O3/c1-7-17(6,20-15(5)18)12-8-9-14(4)16(19)11-10-13(2)3/h7,9-10H,1,8,11-12H2,2-6H3. The van der Waals surface area contributed by atoms with Gasteiger partial charge < -0.3 is 4.74 Å². The first kappa shape index (κ1) is 18.4. The quantitative estimate of drug-likeness (QED) is 0.380. The molecule has 0 aliphatic carbocycles. The molecule has 0 radical (unpaired) electrons. The van der Waals surface area contributed by atoms with E-state index < -0.39 is 5.60 Å². The van der Waals surface area contributed by atoms with E-state index in [9.17, 15) is 9.59 Å². The zero-order valence-corrected chi connectivity index (χ0v) is 13.3. The van der Waals surface area contributed by atoms with Gasteiger partial charge in [-0.05, 0) is 52.2 Å². The van der Waals surface area contributed by atoms with E-state index >= 15 is 0 Å². The van der Waals surface area contributed by atoms with E-state index in [2.05, 4.69) is 6.58 Å². The van der Waals surface area contributed by atoms with Crippen LogP contribution >= 0.6 is 0 Å². The number of rotatable bonds is 8. The summed E-state index contributed by atoms with van der Waals surface area (Å²) in [4.78, 5) is 22.9. The number of esters is 1. The Morgan fingerprint density at radius 2 is 1.75 bits per heavy atom. The second-order valence-corrected chi connectivity index (χ2v) is 5.45. The lowest BCUT2D eigenvalue weighted by molar-refractivity contribution is -0.151. The van der Waals surface area contributed by atoms with E-state index in [-0.39, 0.29) is 11.8 Å². The van der Waals surface area contributed by atoms with Gasteiger partial charge in [0.15, 0.2) is 5.78 Å². The van der Waals surface area contributed by atoms with Gasteiger partial charge in [-0.3, -0.25) is 9.59 Å². The zero-order chi connectivity index (χ0) is 15.8. The lowest BCUT2D eigenvalue weighted by Crippen LogP contribution is -2.27. The number of hydrogen-bond acceptors (Lipinski definition) is 3. The van der Waals surface area contributed by atoms with Crippen LogP contribution in [0.4, 0.5) is 0 Å². The molecule has 20 heavy (non-hydrogen) atoms. The van der Waals surface area contributed by atoms with Crippen molar-refractivity contribution < 1.29 is 14.3 Å². The smallest absolute Gasteiger partial charge is 0.303 e. The molecule has 1 unspecified atom stereocenters. The van der Waals surface area contributed by atoms with Crippen molar-refractivity contribution in [1.29, 1.82) is 0 Å². The van der Waals surface area contributed by atoms with Gasteiger partial charge in [0.25, 0.3) is 0 Å². The van der Waals surface area contributed by atoms with E-state index in [1.807, 2.05) is 39.8 Å². The second-order valence-electron chi connectivity index (χ2n) is 5.45. The molecule has 0 spiro atoms. The maximum atomic E-state index is 11.8. The molecular weight excluding hydrogens is 252 g/mol. The van der Waals surface area contributed by atoms with Crippen LogP contribution in [-0.4, -0.2) is 17.4 Å². The Morgan fingerprint density at radius 3 is 2.20 bits per heavy atom. The number of carbonyl (C=O) groups excluding carboxylic acids is 2. The maximum absolute atomic E-state index is 11.8. The lowest BCUT2D eigenvalue weighted by Gasteiger charge is -2.24. The third-order valence-electron chi connectivity index (χ3n) is 3.04. The molecule has 0 aromatic rings. The fourth-order valence-electron chi connectivity index (χ4n) is 1.67. The van der Waals surface area contributed by atoms with Crippen LogP contribution in [0.2, 0.25) is 0 Å². The minimum atomic E-state index is -0.675. The largest absolute Gasteiger partial charge is 0.455 e. The molecule has 0 amide bonds. The van der Waals surface area contributed by atoms with E-state index in [4.69, 9.17) is 4.74 Å². The van der Waals surface area contributed by atoms with Crippen molar-refractivity contribution in [2.75, 3.05) is 0 Å². The Bertz CT molecular complexity index is 426. The minimum absolute atomic E-state index is 0.124. The van der Waals surface area contributed by atoms with Crippen LogP contribution in [0.5, 0.6) is 0 Å². The lowest BCUT2D eigenvalue weighted by atomic mass is 9.98. The van der Waals surface area contributed by atoms with Gasteiger partial charge in [0, 0.05) is 13.3 Å². The fraction of sp³-hybridized carbons (Fsp3) is 0.529. The molecule has 3 nitrogen and oxygen atoms in total.